The molecule has 3 nitrogen and oxygen atoms in total. The van der Waals surface area contributed by atoms with E-state index in [9.17, 15) is 14.6 Å². The van der Waals surface area contributed by atoms with Crippen molar-refractivity contribution in [3.63, 3.8) is 0 Å². The van der Waals surface area contributed by atoms with Crippen molar-refractivity contribution in [2.45, 2.75) is 6.10 Å². The fourth-order valence-corrected chi connectivity index (χ4v) is 2.65. The number of halogens is 4. The fourth-order valence-electron chi connectivity index (χ4n) is 1.86. The normalized spacial score (nSPS) is 12.2. The van der Waals surface area contributed by atoms with Gasteiger partial charge in [-0.15, -0.1) is 0 Å². The van der Waals surface area contributed by atoms with E-state index in [1.807, 2.05) is 0 Å². The van der Waals surface area contributed by atoms with Crippen molar-refractivity contribution in [3.05, 3.63) is 46.2 Å². The van der Waals surface area contributed by atoms with Gasteiger partial charge in [-0.2, -0.15) is 0 Å². The van der Waals surface area contributed by atoms with Gasteiger partial charge in [0.2, 0.25) is 0 Å². The molecular weight excluding hydrogens is 398 g/mol. The van der Waals surface area contributed by atoms with Crippen LogP contribution in [0, 0.1) is 5.82 Å². The topological polar surface area (TPSA) is 49.7 Å². The van der Waals surface area contributed by atoms with E-state index in [1.165, 1.54) is 0 Å². The van der Waals surface area contributed by atoms with Gasteiger partial charge in [-0.05, 0) is 18.2 Å². The van der Waals surface area contributed by atoms with E-state index in [1.54, 1.807) is 18.2 Å². The minimum absolute atomic E-state index is 0.0917. The van der Waals surface area contributed by atoms with Crippen molar-refractivity contribution in [1.29, 1.82) is 0 Å². The summed E-state index contributed by atoms with van der Waals surface area (Å²) in [5, 5.41) is 20.6. The zero-order valence-electron chi connectivity index (χ0n) is 11.2. The van der Waals surface area contributed by atoms with Crippen molar-refractivity contribution >= 4 is 39.1 Å². The van der Waals surface area contributed by atoms with E-state index in [4.69, 9.17) is 27.9 Å². The van der Waals surface area contributed by atoms with Crippen LogP contribution in [0.15, 0.2) is 30.3 Å². The minimum atomic E-state index is -0.782. The molecule has 0 saturated heterocycles. The Balaban J connectivity index is 2.47. The summed E-state index contributed by atoms with van der Waals surface area (Å²) in [5.74, 6) is -1.00. The van der Waals surface area contributed by atoms with Crippen LogP contribution in [-0.2, 0) is 0 Å². The van der Waals surface area contributed by atoms with Crippen molar-refractivity contribution in [3.8, 4) is 22.6 Å². The summed E-state index contributed by atoms with van der Waals surface area (Å²) in [6.45, 7) is -0.0992. The van der Waals surface area contributed by atoms with Crippen LogP contribution in [0.4, 0.5) is 4.39 Å². The fraction of sp³-hybridized carbons (Fsp3) is 0.200. The highest BCUT2D eigenvalue weighted by atomic mass is 79.9. The summed E-state index contributed by atoms with van der Waals surface area (Å²) < 4.78 is 19.1. The molecule has 0 heterocycles. The second-order valence-electron chi connectivity index (χ2n) is 4.52. The number of phenols is 1. The molecule has 0 saturated carbocycles. The number of rotatable bonds is 5. The van der Waals surface area contributed by atoms with Gasteiger partial charge in [0.1, 0.15) is 12.4 Å². The SMILES string of the molecule is Oc1c(OC[C@H](O)CBr)cc(F)cc1-c1c(Cl)cccc1Cl. The molecule has 0 bridgehead atoms. The average molecular weight is 410 g/mol. The second-order valence-corrected chi connectivity index (χ2v) is 5.98. The maximum absolute atomic E-state index is 13.8. The molecule has 2 N–H and O–H groups in total. The first-order valence-corrected chi connectivity index (χ1v) is 8.15. The largest absolute Gasteiger partial charge is 0.504 e. The minimum Gasteiger partial charge on any atom is -0.504 e. The molecule has 7 heteroatoms. The third-order valence-corrected chi connectivity index (χ3v) is 4.26. The second kappa shape index (κ2) is 7.51. The van der Waals surface area contributed by atoms with E-state index in [0.29, 0.717) is 10.9 Å². The van der Waals surface area contributed by atoms with Crippen LogP contribution in [0.1, 0.15) is 0 Å². The van der Waals surface area contributed by atoms with Gasteiger partial charge in [0.15, 0.2) is 11.5 Å². The van der Waals surface area contributed by atoms with Crippen LogP contribution in [-0.4, -0.2) is 28.3 Å². The molecule has 0 aliphatic carbocycles. The van der Waals surface area contributed by atoms with E-state index >= 15 is 0 Å². The number of ether oxygens (including phenoxy) is 1. The number of hydrogen-bond donors (Lipinski definition) is 2. The maximum Gasteiger partial charge on any atom is 0.166 e. The van der Waals surface area contributed by atoms with Crippen molar-refractivity contribution < 1.29 is 19.3 Å². The molecule has 0 aliphatic rings. The monoisotopic (exact) mass is 408 g/mol. The first-order chi connectivity index (χ1) is 10.4. The van der Waals surface area contributed by atoms with Crippen LogP contribution < -0.4 is 4.74 Å². The highest BCUT2D eigenvalue weighted by Gasteiger charge is 2.18. The van der Waals surface area contributed by atoms with Crippen LogP contribution >= 0.6 is 39.1 Å². The maximum atomic E-state index is 13.8. The molecule has 0 spiro atoms. The smallest absolute Gasteiger partial charge is 0.166 e. The Kier molecular flexibility index (Phi) is 5.92. The first kappa shape index (κ1) is 17.3. The van der Waals surface area contributed by atoms with Gasteiger partial charge in [-0.25, -0.2) is 4.39 Å². The molecule has 2 aromatic rings. The summed E-state index contributed by atoms with van der Waals surface area (Å²) >= 11 is 15.3. The van der Waals surface area contributed by atoms with Gasteiger partial charge in [0.05, 0.1) is 16.1 Å². The molecule has 0 unspecified atom stereocenters. The Bertz CT molecular complexity index is 662. The Labute approximate surface area is 145 Å². The first-order valence-electron chi connectivity index (χ1n) is 6.27. The lowest BCUT2D eigenvalue weighted by molar-refractivity contribution is 0.125. The van der Waals surface area contributed by atoms with Crippen LogP contribution in [0.2, 0.25) is 10.0 Å². The zero-order valence-corrected chi connectivity index (χ0v) is 14.3. The highest BCUT2D eigenvalue weighted by Crippen LogP contribution is 2.43. The van der Waals surface area contributed by atoms with E-state index in [0.717, 1.165) is 12.1 Å². The van der Waals surface area contributed by atoms with E-state index in [-0.39, 0.29) is 33.7 Å². The molecule has 22 heavy (non-hydrogen) atoms. The molecule has 0 aromatic heterocycles. The lowest BCUT2D eigenvalue weighted by atomic mass is 10.0. The average Bonchev–Trinajstić information content (AvgIpc) is 2.48. The zero-order chi connectivity index (χ0) is 16.3. The van der Waals surface area contributed by atoms with Crippen molar-refractivity contribution in [1.82, 2.24) is 0 Å². The van der Waals surface area contributed by atoms with E-state index in [2.05, 4.69) is 15.9 Å². The summed E-state index contributed by atoms with van der Waals surface area (Å²) in [6.07, 6.45) is -0.782. The Morgan fingerprint density at radius 3 is 2.45 bits per heavy atom. The highest BCUT2D eigenvalue weighted by molar-refractivity contribution is 9.09. The number of phenolic OH excluding ortho intramolecular Hbond substituents is 1. The lowest BCUT2D eigenvalue weighted by Gasteiger charge is -2.15. The van der Waals surface area contributed by atoms with Gasteiger partial charge in [0.25, 0.3) is 0 Å². The standard InChI is InChI=1S/C15H12BrCl2FO3/c16-6-9(20)7-22-13-5-8(19)4-10(15(13)21)14-11(17)2-1-3-12(14)18/h1-5,9,20-21H,6-7H2/t9-/m1/s1. The summed E-state index contributed by atoms with van der Waals surface area (Å²) in [5.41, 5.74) is 0.438. The number of alkyl halides is 1. The molecule has 0 aliphatic heterocycles. The van der Waals surface area contributed by atoms with Crippen molar-refractivity contribution in [2.24, 2.45) is 0 Å². The lowest BCUT2D eigenvalue weighted by Crippen LogP contribution is -2.18. The number of hydrogen-bond acceptors (Lipinski definition) is 3. The summed E-state index contributed by atoms with van der Waals surface area (Å²) in [6, 6.07) is 6.97. The molecule has 0 amide bonds. The van der Waals surface area contributed by atoms with E-state index < -0.39 is 11.9 Å². The van der Waals surface area contributed by atoms with Gasteiger partial charge in [-0.1, -0.05) is 45.2 Å². The van der Waals surface area contributed by atoms with Gasteiger partial charge in [0, 0.05) is 22.5 Å². The van der Waals surface area contributed by atoms with Gasteiger partial charge < -0.3 is 14.9 Å². The molecule has 0 radical (unpaired) electrons. The third kappa shape index (κ3) is 3.84. The molecule has 1 atom stereocenters. The van der Waals surface area contributed by atoms with Crippen LogP contribution in [0.25, 0.3) is 11.1 Å². The Hall–Kier alpha value is -1.01. The predicted octanol–water partition coefficient (Wildman–Crippen LogP) is 4.64. The third-order valence-electron chi connectivity index (χ3n) is 2.88. The van der Waals surface area contributed by atoms with Crippen LogP contribution in [0.5, 0.6) is 11.5 Å². The number of aliphatic hydroxyl groups excluding tert-OH is 1. The van der Waals surface area contributed by atoms with Crippen LogP contribution in [0.3, 0.4) is 0 Å². The Morgan fingerprint density at radius 2 is 1.86 bits per heavy atom. The van der Waals surface area contributed by atoms with Gasteiger partial charge >= 0.3 is 0 Å². The number of benzene rings is 2. The molecular formula is C15H12BrCl2FO3. The quantitative estimate of drug-likeness (QED) is 0.707. The van der Waals surface area contributed by atoms with Crippen molar-refractivity contribution in [2.75, 3.05) is 11.9 Å². The summed E-state index contributed by atoms with van der Waals surface area (Å²) in [4.78, 5) is 0. The number of aromatic hydroxyl groups is 1. The molecule has 118 valence electrons. The molecule has 0 fully saturated rings. The Morgan fingerprint density at radius 1 is 1.23 bits per heavy atom. The summed E-state index contributed by atoms with van der Waals surface area (Å²) in [7, 11) is 0. The van der Waals surface area contributed by atoms with Gasteiger partial charge in [-0.3, -0.25) is 0 Å². The number of aliphatic hydroxyl groups is 1. The predicted molar refractivity (Wildman–Crippen MR) is 88.8 cm³/mol. The molecule has 2 aromatic carbocycles. The molecule has 2 rings (SSSR count).